The lowest BCUT2D eigenvalue weighted by Crippen LogP contribution is -2.36. The molecule has 0 radical (unpaired) electrons. The van der Waals surface area contributed by atoms with E-state index < -0.39 is 7.82 Å². The van der Waals surface area contributed by atoms with Gasteiger partial charge in [0.05, 0.1) is 25.9 Å². The first-order valence-corrected chi connectivity index (χ1v) is 5.43. The van der Waals surface area contributed by atoms with Gasteiger partial charge in [-0.05, 0) is 6.92 Å². The van der Waals surface area contributed by atoms with Crippen LogP contribution < -0.4 is 0 Å². The van der Waals surface area contributed by atoms with E-state index in [1.54, 1.807) is 0 Å². The van der Waals surface area contributed by atoms with E-state index >= 15 is 0 Å². The maximum absolute atomic E-state index is 10.3. The Bertz CT molecular complexity index is 193. The molecule has 0 aromatic rings. The van der Waals surface area contributed by atoms with Crippen molar-refractivity contribution in [2.45, 2.75) is 19.1 Å². The third-order valence-corrected chi connectivity index (χ3v) is 2.05. The summed E-state index contributed by atoms with van der Waals surface area (Å²) in [5.74, 6) is 0. The quantitative estimate of drug-likeness (QED) is 0.635. The van der Waals surface area contributed by atoms with Crippen LogP contribution in [0.5, 0.6) is 0 Å². The standard InChI is InChI=1S/C6H13O6P/c1-5-2-11-6(3-10-5)4-12-13(7,8)9/h5-6H,2-4H2,1H3,(H2,7,8,9). The van der Waals surface area contributed by atoms with Gasteiger partial charge < -0.3 is 19.3 Å². The van der Waals surface area contributed by atoms with Crippen LogP contribution in [0.2, 0.25) is 0 Å². The van der Waals surface area contributed by atoms with Gasteiger partial charge in [0.1, 0.15) is 6.10 Å². The predicted molar refractivity (Wildman–Crippen MR) is 43.2 cm³/mol. The van der Waals surface area contributed by atoms with Crippen molar-refractivity contribution < 1.29 is 28.3 Å². The van der Waals surface area contributed by atoms with Gasteiger partial charge in [-0.3, -0.25) is 4.52 Å². The average molecular weight is 212 g/mol. The molecule has 1 aliphatic rings. The Morgan fingerprint density at radius 1 is 1.46 bits per heavy atom. The maximum atomic E-state index is 10.3. The van der Waals surface area contributed by atoms with Gasteiger partial charge in [-0.1, -0.05) is 0 Å². The first-order valence-electron chi connectivity index (χ1n) is 3.90. The molecular formula is C6H13O6P. The molecule has 1 aliphatic heterocycles. The Morgan fingerprint density at radius 3 is 2.62 bits per heavy atom. The van der Waals surface area contributed by atoms with Crippen LogP contribution in [-0.2, 0) is 18.6 Å². The van der Waals surface area contributed by atoms with Gasteiger partial charge in [0.25, 0.3) is 0 Å². The Morgan fingerprint density at radius 2 is 2.15 bits per heavy atom. The molecule has 1 fully saturated rings. The molecule has 6 nitrogen and oxygen atoms in total. The molecule has 0 spiro atoms. The number of ether oxygens (including phenoxy) is 2. The highest BCUT2D eigenvalue weighted by Gasteiger charge is 2.23. The van der Waals surface area contributed by atoms with E-state index in [0.717, 1.165) is 0 Å². The first kappa shape index (κ1) is 11.1. The molecule has 0 aromatic heterocycles. The minimum absolute atomic E-state index is 0.0336. The van der Waals surface area contributed by atoms with E-state index in [9.17, 15) is 4.57 Å². The predicted octanol–water partition coefficient (Wildman–Crippen LogP) is -0.100. The third-order valence-electron chi connectivity index (χ3n) is 1.56. The van der Waals surface area contributed by atoms with E-state index in [-0.39, 0.29) is 18.8 Å². The second-order valence-electron chi connectivity index (χ2n) is 2.89. The van der Waals surface area contributed by atoms with Crippen LogP contribution in [0.3, 0.4) is 0 Å². The average Bonchev–Trinajstić information content (AvgIpc) is 2.02. The van der Waals surface area contributed by atoms with Gasteiger partial charge in [0.2, 0.25) is 0 Å². The van der Waals surface area contributed by atoms with Gasteiger partial charge in [0.15, 0.2) is 0 Å². The highest BCUT2D eigenvalue weighted by molar-refractivity contribution is 7.46. The monoisotopic (exact) mass is 212 g/mol. The Labute approximate surface area is 76.0 Å². The fraction of sp³-hybridized carbons (Fsp3) is 1.00. The summed E-state index contributed by atoms with van der Waals surface area (Å²) in [6.45, 7) is 2.45. The van der Waals surface area contributed by atoms with Crippen molar-refractivity contribution in [3.05, 3.63) is 0 Å². The lowest BCUT2D eigenvalue weighted by Gasteiger charge is -2.27. The fourth-order valence-corrected chi connectivity index (χ4v) is 1.28. The largest absolute Gasteiger partial charge is 0.469 e. The number of phosphoric ester groups is 1. The molecule has 0 bridgehead atoms. The Kier molecular flexibility index (Phi) is 3.85. The van der Waals surface area contributed by atoms with Crippen LogP contribution >= 0.6 is 7.82 Å². The van der Waals surface area contributed by atoms with Crippen molar-refractivity contribution >= 4 is 7.82 Å². The van der Waals surface area contributed by atoms with Crippen LogP contribution in [0.15, 0.2) is 0 Å². The van der Waals surface area contributed by atoms with E-state index in [0.29, 0.717) is 13.2 Å². The van der Waals surface area contributed by atoms with Gasteiger partial charge in [-0.15, -0.1) is 0 Å². The van der Waals surface area contributed by atoms with E-state index in [4.69, 9.17) is 19.3 Å². The van der Waals surface area contributed by atoms with Crippen LogP contribution in [0, 0.1) is 0 Å². The smallest absolute Gasteiger partial charge is 0.373 e. The zero-order valence-corrected chi connectivity index (χ0v) is 8.15. The lowest BCUT2D eigenvalue weighted by molar-refractivity contribution is -0.137. The zero-order valence-electron chi connectivity index (χ0n) is 7.25. The molecule has 78 valence electrons. The van der Waals surface area contributed by atoms with Crippen molar-refractivity contribution in [3.63, 3.8) is 0 Å². The Hall–Kier alpha value is 0.0300. The summed E-state index contributed by atoms with van der Waals surface area (Å²) in [5.41, 5.74) is 0. The van der Waals surface area contributed by atoms with Crippen LogP contribution in [-0.4, -0.2) is 41.8 Å². The number of phosphoric acid groups is 1. The first-order chi connectivity index (χ1) is 5.97. The van der Waals surface area contributed by atoms with Crippen molar-refractivity contribution in [1.82, 2.24) is 0 Å². The molecule has 1 heterocycles. The molecular weight excluding hydrogens is 199 g/mol. The number of hydrogen-bond acceptors (Lipinski definition) is 4. The highest BCUT2D eigenvalue weighted by Crippen LogP contribution is 2.36. The summed E-state index contributed by atoms with van der Waals surface area (Å²) in [6.07, 6.45) is -0.352. The summed E-state index contributed by atoms with van der Waals surface area (Å²) in [4.78, 5) is 16.8. The van der Waals surface area contributed by atoms with E-state index in [1.165, 1.54) is 0 Å². The highest BCUT2D eigenvalue weighted by atomic mass is 31.2. The topological polar surface area (TPSA) is 85.2 Å². The number of hydrogen-bond donors (Lipinski definition) is 2. The van der Waals surface area contributed by atoms with Crippen LogP contribution in [0.25, 0.3) is 0 Å². The third kappa shape index (κ3) is 4.71. The Balaban J connectivity index is 2.20. The van der Waals surface area contributed by atoms with Gasteiger partial charge >= 0.3 is 7.82 Å². The second kappa shape index (κ2) is 4.50. The summed E-state index contributed by atoms with van der Waals surface area (Å²) >= 11 is 0. The van der Waals surface area contributed by atoms with Gasteiger partial charge in [0, 0.05) is 0 Å². The summed E-state index contributed by atoms with van der Waals surface area (Å²) in [6, 6.07) is 0. The number of rotatable bonds is 3. The lowest BCUT2D eigenvalue weighted by atomic mass is 10.3. The summed E-state index contributed by atoms with van der Waals surface area (Å²) in [7, 11) is -4.38. The van der Waals surface area contributed by atoms with E-state index in [2.05, 4.69) is 4.52 Å². The van der Waals surface area contributed by atoms with Crippen molar-refractivity contribution in [2.75, 3.05) is 19.8 Å². The zero-order chi connectivity index (χ0) is 9.90. The molecule has 7 heteroatoms. The minimum atomic E-state index is -4.38. The molecule has 1 rings (SSSR count). The van der Waals surface area contributed by atoms with Gasteiger partial charge in [-0.2, -0.15) is 0 Å². The van der Waals surface area contributed by atoms with E-state index in [1.807, 2.05) is 6.92 Å². The summed E-state index contributed by atoms with van der Waals surface area (Å²) < 4.78 is 25.0. The molecule has 0 amide bonds. The molecule has 13 heavy (non-hydrogen) atoms. The molecule has 2 unspecified atom stereocenters. The van der Waals surface area contributed by atoms with Gasteiger partial charge in [-0.25, -0.2) is 4.57 Å². The normalized spacial score (nSPS) is 30.4. The maximum Gasteiger partial charge on any atom is 0.469 e. The second-order valence-corrected chi connectivity index (χ2v) is 4.12. The SMILES string of the molecule is CC1COC(COP(=O)(O)O)CO1. The van der Waals surface area contributed by atoms with Crippen LogP contribution in [0.1, 0.15) is 6.92 Å². The molecule has 0 aromatic carbocycles. The van der Waals surface area contributed by atoms with Crippen molar-refractivity contribution in [1.29, 1.82) is 0 Å². The minimum Gasteiger partial charge on any atom is -0.373 e. The van der Waals surface area contributed by atoms with Crippen molar-refractivity contribution in [2.24, 2.45) is 0 Å². The molecule has 2 N–H and O–H groups in total. The molecule has 0 saturated carbocycles. The van der Waals surface area contributed by atoms with Crippen LogP contribution in [0.4, 0.5) is 0 Å². The van der Waals surface area contributed by atoms with Crippen molar-refractivity contribution in [3.8, 4) is 0 Å². The molecule has 1 saturated heterocycles. The molecule has 0 aliphatic carbocycles. The summed E-state index contributed by atoms with van der Waals surface area (Å²) in [5, 5.41) is 0. The fourth-order valence-electron chi connectivity index (χ4n) is 0.916. The molecule has 2 atom stereocenters.